The molecule has 17 heavy (non-hydrogen) atoms. The number of benzene rings is 1. The van der Waals surface area contributed by atoms with Gasteiger partial charge in [-0.3, -0.25) is 4.57 Å². The summed E-state index contributed by atoms with van der Waals surface area (Å²) < 4.78 is 10.8. The second kappa shape index (κ2) is 4.71. The molecule has 1 aromatic carbocycles. The van der Waals surface area contributed by atoms with Gasteiger partial charge in [0.05, 0.1) is 6.16 Å². The van der Waals surface area contributed by atoms with Gasteiger partial charge in [0.1, 0.15) is 12.7 Å². The zero-order valence-corrected chi connectivity index (χ0v) is 9.66. The molecule has 2 N–H and O–H groups in total. The molecule has 0 saturated heterocycles. The highest BCUT2D eigenvalue weighted by Gasteiger charge is 2.13. The third-order valence-corrected chi connectivity index (χ3v) is 2.87. The van der Waals surface area contributed by atoms with Gasteiger partial charge in [0, 0.05) is 5.56 Å². The van der Waals surface area contributed by atoms with Crippen molar-refractivity contribution in [2.24, 2.45) is 0 Å². The Balaban J connectivity index is 2.22. The van der Waals surface area contributed by atoms with Gasteiger partial charge < -0.3 is 9.79 Å². The molecule has 1 aromatic heterocycles. The standard InChI is InChI=1S/C10H10N3O3P/c14-17(15,16)5-8-1-3-9(4-2-8)10-12-6-11-7-13-10/h1-4,6-7H,5H2,(H2,14,15,16). The first-order valence-electron chi connectivity index (χ1n) is 4.80. The molecule has 0 saturated carbocycles. The van der Waals surface area contributed by atoms with Gasteiger partial charge in [-0.1, -0.05) is 24.3 Å². The second-order valence-electron chi connectivity index (χ2n) is 3.48. The van der Waals surface area contributed by atoms with Crippen molar-refractivity contribution >= 4 is 7.60 Å². The van der Waals surface area contributed by atoms with Gasteiger partial charge in [0.25, 0.3) is 0 Å². The van der Waals surface area contributed by atoms with E-state index in [2.05, 4.69) is 15.0 Å². The maximum atomic E-state index is 10.8. The minimum absolute atomic E-state index is 0.259. The smallest absolute Gasteiger partial charge is 0.324 e. The minimum atomic E-state index is -4.02. The molecule has 88 valence electrons. The highest BCUT2D eigenvalue weighted by atomic mass is 31.2. The van der Waals surface area contributed by atoms with Gasteiger partial charge in [0.2, 0.25) is 0 Å². The molecule has 0 unspecified atom stereocenters. The molecule has 1 heterocycles. The van der Waals surface area contributed by atoms with Crippen molar-refractivity contribution in [1.29, 1.82) is 0 Å². The fourth-order valence-electron chi connectivity index (χ4n) is 1.39. The Kier molecular flexibility index (Phi) is 3.28. The summed E-state index contributed by atoms with van der Waals surface area (Å²) in [5.41, 5.74) is 1.36. The molecule has 0 atom stereocenters. The maximum Gasteiger partial charge on any atom is 0.329 e. The Bertz CT molecular complexity index is 538. The summed E-state index contributed by atoms with van der Waals surface area (Å²) in [7, 11) is -4.02. The van der Waals surface area contributed by atoms with E-state index < -0.39 is 7.60 Å². The Labute approximate surface area is 97.6 Å². The molecule has 2 rings (SSSR count). The molecule has 0 aliphatic heterocycles. The van der Waals surface area contributed by atoms with Crippen LogP contribution in [0, 0.1) is 0 Å². The number of hydrogen-bond acceptors (Lipinski definition) is 4. The average Bonchev–Trinajstić information content (AvgIpc) is 2.29. The average molecular weight is 251 g/mol. The van der Waals surface area contributed by atoms with Crippen molar-refractivity contribution in [3.8, 4) is 11.4 Å². The number of aromatic nitrogens is 3. The van der Waals surface area contributed by atoms with Crippen LogP contribution in [0.4, 0.5) is 0 Å². The fraction of sp³-hybridized carbons (Fsp3) is 0.100. The first-order valence-corrected chi connectivity index (χ1v) is 6.60. The van der Waals surface area contributed by atoms with Crippen LogP contribution in [0.25, 0.3) is 11.4 Å². The Morgan fingerprint density at radius 1 is 1.06 bits per heavy atom. The van der Waals surface area contributed by atoms with E-state index in [0.717, 1.165) is 5.56 Å². The van der Waals surface area contributed by atoms with Crippen LogP contribution >= 0.6 is 7.60 Å². The van der Waals surface area contributed by atoms with Crippen LogP contribution in [0.5, 0.6) is 0 Å². The summed E-state index contributed by atoms with van der Waals surface area (Å²) in [6, 6.07) is 6.75. The Morgan fingerprint density at radius 3 is 2.18 bits per heavy atom. The van der Waals surface area contributed by atoms with E-state index in [0.29, 0.717) is 11.4 Å². The Morgan fingerprint density at radius 2 is 1.65 bits per heavy atom. The molecule has 0 aliphatic rings. The molecular formula is C10H10N3O3P. The maximum absolute atomic E-state index is 10.8. The van der Waals surface area contributed by atoms with E-state index in [9.17, 15) is 4.57 Å². The molecule has 0 amide bonds. The highest BCUT2D eigenvalue weighted by Crippen LogP contribution is 2.39. The highest BCUT2D eigenvalue weighted by molar-refractivity contribution is 7.50. The van der Waals surface area contributed by atoms with E-state index in [1.165, 1.54) is 12.7 Å². The zero-order valence-electron chi connectivity index (χ0n) is 8.76. The van der Waals surface area contributed by atoms with Crippen molar-refractivity contribution in [1.82, 2.24) is 15.0 Å². The summed E-state index contributed by atoms with van der Waals surface area (Å²) in [6.45, 7) is 0. The van der Waals surface area contributed by atoms with Gasteiger partial charge in [-0.2, -0.15) is 0 Å². The van der Waals surface area contributed by atoms with Crippen LogP contribution < -0.4 is 0 Å². The van der Waals surface area contributed by atoms with E-state index in [1.54, 1.807) is 24.3 Å². The molecule has 6 nitrogen and oxygen atoms in total. The second-order valence-corrected chi connectivity index (χ2v) is 5.13. The van der Waals surface area contributed by atoms with Crippen LogP contribution in [0.2, 0.25) is 0 Å². The molecule has 0 spiro atoms. The van der Waals surface area contributed by atoms with Gasteiger partial charge in [-0.05, 0) is 5.56 Å². The van der Waals surface area contributed by atoms with E-state index in [4.69, 9.17) is 9.79 Å². The molecule has 0 bridgehead atoms. The minimum Gasteiger partial charge on any atom is -0.324 e. The molecular weight excluding hydrogens is 241 g/mol. The summed E-state index contributed by atoms with van der Waals surface area (Å²) in [5, 5.41) is 0. The van der Waals surface area contributed by atoms with Gasteiger partial charge >= 0.3 is 7.60 Å². The monoisotopic (exact) mass is 251 g/mol. The topological polar surface area (TPSA) is 96.2 Å². The quantitative estimate of drug-likeness (QED) is 0.796. The molecule has 0 aliphatic carbocycles. The summed E-state index contributed by atoms with van der Waals surface area (Å²) in [4.78, 5) is 29.3. The first kappa shape index (κ1) is 11.9. The van der Waals surface area contributed by atoms with Crippen LogP contribution in [0.15, 0.2) is 36.9 Å². The predicted molar refractivity (Wildman–Crippen MR) is 61.0 cm³/mol. The lowest BCUT2D eigenvalue weighted by Gasteiger charge is -2.04. The first-order chi connectivity index (χ1) is 8.04. The van der Waals surface area contributed by atoms with Crippen LogP contribution in [-0.4, -0.2) is 24.7 Å². The number of hydrogen-bond donors (Lipinski definition) is 2. The lowest BCUT2D eigenvalue weighted by atomic mass is 10.1. The molecule has 2 aromatic rings. The van der Waals surface area contributed by atoms with Crippen molar-refractivity contribution < 1.29 is 14.4 Å². The van der Waals surface area contributed by atoms with Gasteiger partial charge in [-0.25, -0.2) is 15.0 Å². The van der Waals surface area contributed by atoms with E-state index >= 15 is 0 Å². The van der Waals surface area contributed by atoms with Crippen LogP contribution in [0.1, 0.15) is 5.56 Å². The van der Waals surface area contributed by atoms with E-state index in [1.807, 2.05) is 0 Å². The summed E-state index contributed by atoms with van der Waals surface area (Å²) >= 11 is 0. The predicted octanol–water partition coefficient (Wildman–Crippen LogP) is 1.22. The van der Waals surface area contributed by atoms with Crippen LogP contribution in [-0.2, 0) is 10.7 Å². The summed E-state index contributed by atoms with van der Waals surface area (Å²) in [5.74, 6) is 0.530. The third-order valence-electron chi connectivity index (χ3n) is 2.09. The SMILES string of the molecule is O=P(O)(O)Cc1ccc(-c2ncncn2)cc1. The zero-order chi connectivity index (χ0) is 12.3. The molecule has 0 radical (unpaired) electrons. The van der Waals surface area contributed by atoms with Crippen molar-refractivity contribution in [3.05, 3.63) is 42.5 Å². The Hall–Kier alpha value is -1.62. The largest absolute Gasteiger partial charge is 0.329 e. The fourth-order valence-corrected chi connectivity index (χ4v) is 2.07. The van der Waals surface area contributed by atoms with Crippen molar-refractivity contribution in [2.75, 3.05) is 0 Å². The van der Waals surface area contributed by atoms with Crippen molar-refractivity contribution in [2.45, 2.75) is 6.16 Å². The molecule has 7 heteroatoms. The normalized spacial score (nSPS) is 11.4. The van der Waals surface area contributed by atoms with Gasteiger partial charge in [0.15, 0.2) is 5.82 Å². The lowest BCUT2D eigenvalue weighted by molar-refractivity contribution is 0.371. The number of rotatable bonds is 3. The lowest BCUT2D eigenvalue weighted by Crippen LogP contribution is -1.90. The van der Waals surface area contributed by atoms with Gasteiger partial charge in [-0.15, -0.1) is 0 Å². The molecule has 0 fully saturated rings. The third kappa shape index (κ3) is 3.42. The van der Waals surface area contributed by atoms with Crippen LogP contribution in [0.3, 0.4) is 0 Å². The summed E-state index contributed by atoms with van der Waals surface area (Å²) in [6.07, 6.45) is 2.53. The van der Waals surface area contributed by atoms with Crippen molar-refractivity contribution in [3.63, 3.8) is 0 Å². The van der Waals surface area contributed by atoms with E-state index in [-0.39, 0.29) is 6.16 Å². The number of nitrogens with zero attached hydrogens (tertiary/aromatic N) is 3.